The summed E-state index contributed by atoms with van der Waals surface area (Å²) in [6.45, 7) is 7.17. The summed E-state index contributed by atoms with van der Waals surface area (Å²) in [5, 5.41) is 0. The first-order valence-electron chi connectivity index (χ1n) is 10.9. The summed E-state index contributed by atoms with van der Waals surface area (Å²) in [5.41, 5.74) is 5.97. The van der Waals surface area contributed by atoms with E-state index < -0.39 is 0 Å². The fraction of sp³-hybridized carbons (Fsp3) is 0.600. The Balaban J connectivity index is 1.50. The highest BCUT2D eigenvalue weighted by atomic mass is 16.2. The van der Waals surface area contributed by atoms with Gasteiger partial charge < -0.3 is 4.90 Å². The van der Waals surface area contributed by atoms with Crippen molar-refractivity contribution in [3.63, 3.8) is 0 Å². The summed E-state index contributed by atoms with van der Waals surface area (Å²) in [7, 11) is 1.99. The van der Waals surface area contributed by atoms with Crippen LogP contribution >= 0.6 is 0 Å². The van der Waals surface area contributed by atoms with E-state index in [0.717, 1.165) is 18.8 Å². The van der Waals surface area contributed by atoms with Crippen LogP contribution < -0.4 is 0 Å². The molecule has 0 aromatic carbocycles. The molecule has 2 fully saturated rings. The molecule has 28 heavy (non-hydrogen) atoms. The number of aryl methyl sites for hydroxylation is 1. The van der Waals surface area contributed by atoms with Crippen molar-refractivity contribution in [3.05, 3.63) is 47.4 Å². The average molecular weight is 377 g/mol. The molecule has 1 amide bonds. The Morgan fingerprint density at radius 1 is 1.11 bits per heavy atom. The molecule has 4 aliphatic rings. The fourth-order valence-electron chi connectivity index (χ4n) is 7.31. The highest BCUT2D eigenvalue weighted by Gasteiger charge is 2.57. The van der Waals surface area contributed by atoms with E-state index in [1.807, 2.05) is 18.1 Å². The first-order chi connectivity index (χ1) is 13.4. The lowest BCUT2D eigenvalue weighted by Gasteiger charge is -2.58. The summed E-state index contributed by atoms with van der Waals surface area (Å²) in [6.07, 6.45) is 15.5. The van der Waals surface area contributed by atoms with E-state index in [2.05, 4.69) is 50.2 Å². The lowest BCUT2D eigenvalue weighted by molar-refractivity contribution is -0.135. The molecule has 0 radical (unpaired) electrons. The molecule has 0 spiro atoms. The highest BCUT2D eigenvalue weighted by Crippen LogP contribution is 2.66. The molecule has 5 rings (SSSR count). The average Bonchev–Trinajstić information content (AvgIpc) is 3.03. The van der Waals surface area contributed by atoms with Crippen molar-refractivity contribution in [2.45, 2.75) is 59.3 Å². The van der Waals surface area contributed by atoms with E-state index in [4.69, 9.17) is 0 Å². The van der Waals surface area contributed by atoms with Crippen LogP contribution in [0.5, 0.6) is 0 Å². The van der Waals surface area contributed by atoms with Gasteiger partial charge in [-0.15, -0.1) is 0 Å². The predicted molar refractivity (Wildman–Crippen MR) is 112 cm³/mol. The monoisotopic (exact) mass is 376 g/mol. The zero-order valence-electron chi connectivity index (χ0n) is 17.7. The zero-order valence-corrected chi connectivity index (χ0v) is 17.7. The van der Waals surface area contributed by atoms with Gasteiger partial charge in [0, 0.05) is 37.0 Å². The topological polar surface area (TPSA) is 33.2 Å². The third-order valence-corrected chi connectivity index (χ3v) is 8.93. The van der Waals surface area contributed by atoms with Gasteiger partial charge in [0.05, 0.1) is 0 Å². The first kappa shape index (κ1) is 18.1. The number of hydrogen-bond donors (Lipinski definition) is 0. The second-order valence-corrected chi connectivity index (χ2v) is 10.1. The van der Waals surface area contributed by atoms with Gasteiger partial charge >= 0.3 is 0 Å². The second kappa shape index (κ2) is 6.05. The third-order valence-electron chi connectivity index (χ3n) is 8.93. The summed E-state index contributed by atoms with van der Waals surface area (Å²) in [6, 6.07) is 2.14. The number of nitrogens with zero attached hydrogens (tertiary/aromatic N) is 2. The summed E-state index contributed by atoms with van der Waals surface area (Å²) >= 11 is 0. The molecule has 5 atom stereocenters. The van der Waals surface area contributed by atoms with Gasteiger partial charge in [-0.2, -0.15) is 0 Å². The molecule has 148 valence electrons. The molecule has 3 aliphatic carbocycles. The maximum absolute atomic E-state index is 12.3. The molecule has 1 saturated carbocycles. The maximum Gasteiger partial charge on any atom is 0.226 e. The van der Waals surface area contributed by atoms with Crippen molar-refractivity contribution < 1.29 is 4.79 Å². The number of aromatic nitrogens is 1. The Morgan fingerprint density at radius 3 is 2.71 bits per heavy atom. The van der Waals surface area contributed by atoms with Crippen molar-refractivity contribution in [3.8, 4) is 0 Å². The number of carbonyl (C=O) groups is 1. The van der Waals surface area contributed by atoms with Crippen LogP contribution in [0.15, 0.2) is 36.3 Å². The van der Waals surface area contributed by atoms with Crippen LogP contribution in [-0.2, 0) is 4.79 Å². The minimum Gasteiger partial charge on any atom is -0.319 e. The van der Waals surface area contributed by atoms with Gasteiger partial charge in [-0.25, -0.2) is 0 Å². The number of carbonyl (C=O) groups excluding carboxylic acids is 1. The van der Waals surface area contributed by atoms with Crippen molar-refractivity contribution >= 4 is 11.5 Å². The van der Waals surface area contributed by atoms with Crippen LogP contribution in [0.25, 0.3) is 5.57 Å². The van der Waals surface area contributed by atoms with E-state index in [9.17, 15) is 4.79 Å². The van der Waals surface area contributed by atoms with Gasteiger partial charge in [-0.05, 0) is 85.0 Å². The predicted octanol–water partition coefficient (Wildman–Crippen LogP) is 5.37. The molecule has 3 heteroatoms. The van der Waals surface area contributed by atoms with Crippen LogP contribution in [0.2, 0.25) is 0 Å². The number of amides is 1. The van der Waals surface area contributed by atoms with Crippen LogP contribution in [-0.4, -0.2) is 22.8 Å². The largest absolute Gasteiger partial charge is 0.319 e. The van der Waals surface area contributed by atoms with Crippen LogP contribution in [0.3, 0.4) is 0 Å². The third kappa shape index (κ3) is 2.28. The molecular weight excluding hydrogens is 344 g/mol. The van der Waals surface area contributed by atoms with Crippen molar-refractivity contribution in [2.24, 2.45) is 28.6 Å². The minimum atomic E-state index is 0.167. The van der Waals surface area contributed by atoms with Gasteiger partial charge in [-0.3, -0.25) is 9.78 Å². The highest BCUT2D eigenvalue weighted by molar-refractivity contribution is 5.79. The lowest BCUT2D eigenvalue weighted by Crippen LogP contribution is -2.53. The molecule has 1 aromatic rings. The molecule has 1 aromatic heterocycles. The molecular formula is C25H32N2O. The normalized spacial score (nSPS) is 39.6. The molecule has 0 bridgehead atoms. The number of fused-ring (bicyclic) bond motifs is 5. The Morgan fingerprint density at radius 2 is 1.93 bits per heavy atom. The quantitative estimate of drug-likeness (QED) is 0.660. The standard InChI is InChI=1S/C25H32N2O/c1-16-11-14-26-15-18(16)20-7-6-19-17-5-8-22-25(3,13-10-23(28)27(22)4)21(17)9-12-24(19,20)2/h7-8,11,14-15,17,19,21H,5-6,9-10,12-13H2,1-4H3/t17-,19-,21-,24-,25+/m0/s1. The van der Waals surface area contributed by atoms with Gasteiger partial charge in [0.1, 0.15) is 0 Å². The zero-order chi connectivity index (χ0) is 19.7. The number of hydrogen-bond acceptors (Lipinski definition) is 2. The number of rotatable bonds is 1. The molecule has 1 saturated heterocycles. The van der Waals surface area contributed by atoms with Crippen LogP contribution in [0.1, 0.15) is 63.5 Å². The van der Waals surface area contributed by atoms with E-state index in [1.54, 1.807) is 0 Å². The minimum absolute atomic E-state index is 0.167. The SMILES string of the molecule is Cc1ccncc1C1=CC[C@H]2[C@@H]3CC=C4N(C)C(=O)CC[C@]4(C)[C@H]3CC[C@]12C. The van der Waals surface area contributed by atoms with Crippen molar-refractivity contribution in [2.75, 3.05) is 7.05 Å². The lowest BCUT2D eigenvalue weighted by atomic mass is 9.49. The van der Waals surface area contributed by atoms with Gasteiger partial charge in [-0.1, -0.05) is 26.0 Å². The van der Waals surface area contributed by atoms with E-state index >= 15 is 0 Å². The number of allylic oxidation sites excluding steroid dienone is 4. The second-order valence-electron chi connectivity index (χ2n) is 10.1. The van der Waals surface area contributed by atoms with E-state index in [-0.39, 0.29) is 10.8 Å². The molecule has 2 heterocycles. The molecule has 3 nitrogen and oxygen atoms in total. The number of likely N-dealkylation sites (tertiary alicyclic amines) is 1. The summed E-state index contributed by atoms with van der Waals surface area (Å²) in [5.74, 6) is 2.42. The Hall–Kier alpha value is -1.90. The molecule has 0 N–H and O–H groups in total. The smallest absolute Gasteiger partial charge is 0.226 e. The maximum atomic E-state index is 12.3. The first-order valence-corrected chi connectivity index (χ1v) is 10.9. The Kier molecular flexibility index (Phi) is 3.92. The molecule has 0 unspecified atom stereocenters. The van der Waals surface area contributed by atoms with E-state index in [0.29, 0.717) is 24.2 Å². The van der Waals surface area contributed by atoms with Gasteiger partial charge in [0.2, 0.25) is 5.91 Å². The number of piperidine rings is 1. The summed E-state index contributed by atoms with van der Waals surface area (Å²) in [4.78, 5) is 18.7. The van der Waals surface area contributed by atoms with Crippen molar-refractivity contribution in [1.29, 1.82) is 0 Å². The fourth-order valence-corrected chi connectivity index (χ4v) is 7.31. The van der Waals surface area contributed by atoms with Gasteiger partial charge in [0.25, 0.3) is 0 Å². The number of pyridine rings is 1. The molecule has 1 aliphatic heterocycles. The van der Waals surface area contributed by atoms with Gasteiger partial charge in [0.15, 0.2) is 0 Å². The Bertz CT molecular complexity index is 900. The van der Waals surface area contributed by atoms with Crippen LogP contribution in [0.4, 0.5) is 0 Å². The van der Waals surface area contributed by atoms with E-state index in [1.165, 1.54) is 41.7 Å². The Labute approximate surface area is 168 Å². The van der Waals surface area contributed by atoms with Crippen molar-refractivity contribution in [1.82, 2.24) is 9.88 Å². The van der Waals surface area contributed by atoms with Crippen LogP contribution in [0, 0.1) is 35.5 Å². The summed E-state index contributed by atoms with van der Waals surface area (Å²) < 4.78 is 0.